The van der Waals surface area contributed by atoms with Crippen molar-refractivity contribution in [2.75, 3.05) is 0 Å². The van der Waals surface area contributed by atoms with Gasteiger partial charge in [0, 0.05) is 11.9 Å². The molecule has 124 valence electrons. The lowest BCUT2D eigenvalue weighted by atomic mass is 9.99. The quantitative estimate of drug-likeness (QED) is 0.764. The molecule has 3 rings (SSSR count). The van der Waals surface area contributed by atoms with Gasteiger partial charge >= 0.3 is 5.97 Å². The molecule has 7 nitrogen and oxygen atoms in total. The van der Waals surface area contributed by atoms with Gasteiger partial charge in [-0.2, -0.15) is 5.26 Å². The van der Waals surface area contributed by atoms with E-state index in [0.717, 1.165) is 11.1 Å². The van der Waals surface area contributed by atoms with Crippen molar-refractivity contribution in [3.63, 3.8) is 0 Å². The van der Waals surface area contributed by atoms with Crippen molar-refractivity contribution in [3.8, 4) is 23.0 Å². The number of nitrogens with zero attached hydrogens (tertiary/aromatic N) is 3. The van der Waals surface area contributed by atoms with E-state index < -0.39 is 5.97 Å². The summed E-state index contributed by atoms with van der Waals surface area (Å²) < 4.78 is 1.27. The maximum Gasteiger partial charge on any atom is 0.337 e. The number of carboxylic acid groups (broad SMARTS) is 1. The highest BCUT2D eigenvalue weighted by Gasteiger charge is 2.17. The zero-order chi connectivity index (χ0) is 18.1. The van der Waals surface area contributed by atoms with Crippen LogP contribution in [0.1, 0.15) is 27.2 Å². The van der Waals surface area contributed by atoms with Crippen molar-refractivity contribution in [3.05, 3.63) is 69.3 Å². The molecular formula is C18H14N4O3. The summed E-state index contributed by atoms with van der Waals surface area (Å²) in [6.07, 6.45) is 1.20. The molecule has 7 heteroatoms. The second-order valence-electron chi connectivity index (χ2n) is 5.60. The number of carbonyl (C=O) groups is 1. The van der Waals surface area contributed by atoms with E-state index in [1.165, 1.54) is 23.0 Å². The predicted octanol–water partition coefficient (Wildman–Crippen LogP) is 2.41. The van der Waals surface area contributed by atoms with Crippen molar-refractivity contribution < 1.29 is 9.90 Å². The number of nitrogens with one attached hydrogen (secondary N) is 1. The van der Waals surface area contributed by atoms with Gasteiger partial charge in [0.1, 0.15) is 0 Å². The average Bonchev–Trinajstić information content (AvgIpc) is 2.89. The Bertz CT molecular complexity index is 1070. The molecule has 0 saturated heterocycles. The van der Waals surface area contributed by atoms with Crippen molar-refractivity contribution in [2.45, 2.75) is 13.8 Å². The molecule has 1 aromatic carbocycles. The van der Waals surface area contributed by atoms with Crippen LogP contribution in [-0.2, 0) is 0 Å². The van der Waals surface area contributed by atoms with Gasteiger partial charge in [0.15, 0.2) is 5.82 Å². The lowest BCUT2D eigenvalue weighted by Crippen LogP contribution is -2.17. The van der Waals surface area contributed by atoms with Crippen molar-refractivity contribution >= 4 is 5.97 Å². The van der Waals surface area contributed by atoms with Crippen molar-refractivity contribution in [1.29, 1.82) is 5.26 Å². The first-order valence-electron chi connectivity index (χ1n) is 7.45. The molecular weight excluding hydrogens is 320 g/mol. The Balaban J connectivity index is 2.12. The van der Waals surface area contributed by atoms with Crippen LogP contribution in [0.15, 0.2) is 41.3 Å². The minimum atomic E-state index is -1.08. The highest BCUT2D eigenvalue weighted by atomic mass is 16.4. The fraction of sp³-hybridized carbons (Fsp3) is 0.111. The number of carboxylic acids is 1. The summed E-state index contributed by atoms with van der Waals surface area (Å²) in [5.74, 6) is -0.779. The van der Waals surface area contributed by atoms with E-state index in [0.29, 0.717) is 22.6 Å². The van der Waals surface area contributed by atoms with E-state index in [2.05, 4.69) is 16.2 Å². The van der Waals surface area contributed by atoms with E-state index >= 15 is 0 Å². The van der Waals surface area contributed by atoms with E-state index in [-0.39, 0.29) is 11.1 Å². The second kappa shape index (κ2) is 6.09. The summed E-state index contributed by atoms with van der Waals surface area (Å²) in [6.45, 7) is 3.61. The zero-order valence-corrected chi connectivity index (χ0v) is 13.6. The maximum atomic E-state index is 12.8. The smallest absolute Gasteiger partial charge is 0.337 e. The molecule has 25 heavy (non-hydrogen) atoms. The van der Waals surface area contributed by atoms with Crippen LogP contribution in [-0.4, -0.2) is 25.8 Å². The molecule has 2 heterocycles. The molecule has 0 aliphatic heterocycles. The average molecular weight is 334 g/mol. The first-order chi connectivity index (χ1) is 11.9. The molecule has 0 unspecified atom stereocenters. The van der Waals surface area contributed by atoms with Gasteiger partial charge < -0.3 is 5.11 Å². The number of hydrogen-bond donors (Lipinski definition) is 2. The number of hydrogen-bond acceptors (Lipinski definition) is 4. The van der Waals surface area contributed by atoms with Gasteiger partial charge in [0.2, 0.25) is 0 Å². The second-order valence-corrected chi connectivity index (χ2v) is 5.60. The number of aromatic nitrogens is 3. The minimum Gasteiger partial charge on any atom is -0.478 e. The van der Waals surface area contributed by atoms with E-state index in [1.807, 2.05) is 6.92 Å². The Morgan fingerprint density at radius 2 is 2.04 bits per heavy atom. The monoisotopic (exact) mass is 334 g/mol. The third-order valence-electron chi connectivity index (χ3n) is 3.92. The van der Waals surface area contributed by atoms with Gasteiger partial charge in [-0.1, -0.05) is 6.07 Å². The number of aryl methyl sites for hydroxylation is 2. The Kier molecular flexibility index (Phi) is 3.95. The summed E-state index contributed by atoms with van der Waals surface area (Å²) in [7, 11) is 0. The lowest BCUT2D eigenvalue weighted by Gasteiger charge is -2.04. The minimum absolute atomic E-state index is 0.0447. The molecule has 3 aromatic rings. The molecule has 0 fully saturated rings. The van der Waals surface area contributed by atoms with Crippen LogP contribution in [0.3, 0.4) is 0 Å². The predicted molar refractivity (Wildman–Crippen MR) is 90.8 cm³/mol. The number of nitriles is 1. The van der Waals surface area contributed by atoms with Gasteiger partial charge in [0.05, 0.1) is 22.8 Å². The summed E-state index contributed by atoms with van der Waals surface area (Å²) >= 11 is 0. The topological polar surface area (TPSA) is 112 Å². The molecule has 0 aliphatic carbocycles. The fourth-order valence-electron chi connectivity index (χ4n) is 2.68. The fourth-order valence-corrected chi connectivity index (χ4v) is 2.68. The van der Waals surface area contributed by atoms with Crippen LogP contribution in [0, 0.1) is 25.2 Å². The van der Waals surface area contributed by atoms with Crippen LogP contribution in [0.4, 0.5) is 0 Å². The van der Waals surface area contributed by atoms with Gasteiger partial charge in [-0.05, 0) is 49.2 Å². The summed E-state index contributed by atoms with van der Waals surface area (Å²) in [4.78, 5) is 27.8. The number of rotatable bonds is 3. The van der Waals surface area contributed by atoms with E-state index in [9.17, 15) is 9.59 Å². The third kappa shape index (κ3) is 2.81. The van der Waals surface area contributed by atoms with Crippen molar-refractivity contribution in [2.24, 2.45) is 0 Å². The van der Waals surface area contributed by atoms with E-state index in [1.54, 1.807) is 25.1 Å². The molecule has 0 bridgehead atoms. The maximum absolute atomic E-state index is 12.8. The first kappa shape index (κ1) is 16.2. The Morgan fingerprint density at radius 1 is 1.28 bits per heavy atom. The van der Waals surface area contributed by atoms with E-state index in [4.69, 9.17) is 10.4 Å². The number of pyridine rings is 1. The van der Waals surface area contributed by atoms with Crippen LogP contribution in [0.25, 0.3) is 16.9 Å². The van der Waals surface area contributed by atoms with Crippen LogP contribution in [0.5, 0.6) is 0 Å². The van der Waals surface area contributed by atoms with Gasteiger partial charge in [0.25, 0.3) is 5.56 Å². The molecule has 0 saturated carbocycles. The third-order valence-corrected chi connectivity index (χ3v) is 3.92. The zero-order valence-electron chi connectivity index (χ0n) is 13.6. The summed E-state index contributed by atoms with van der Waals surface area (Å²) in [6, 6.07) is 10.1. The number of aromatic carboxylic acids is 1. The largest absolute Gasteiger partial charge is 0.478 e. The standard InChI is InChI=1S/C18H14N4O3/c1-10-7-12(8-19)3-5-14(10)16-11(2)21-22(17(16)23)15-6-4-13(9-20-15)18(24)25/h3-7,9,21H,1-2H3,(H,24,25). The molecule has 2 aromatic heterocycles. The van der Waals surface area contributed by atoms with Gasteiger partial charge in [-0.3, -0.25) is 9.89 Å². The Morgan fingerprint density at radius 3 is 2.60 bits per heavy atom. The first-order valence-corrected chi connectivity index (χ1v) is 7.45. The highest BCUT2D eigenvalue weighted by molar-refractivity contribution is 5.87. The Hall–Kier alpha value is -3.66. The normalized spacial score (nSPS) is 10.4. The SMILES string of the molecule is Cc1cc(C#N)ccc1-c1c(C)[nH]n(-c2ccc(C(=O)O)cn2)c1=O. The number of benzene rings is 1. The number of aromatic amines is 1. The molecule has 0 amide bonds. The lowest BCUT2D eigenvalue weighted by molar-refractivity contribution is 0.0696. The molecule has 0 aliphatic rings. The highest BCUT2D eigenvalue weighted by Crippen LogP contribution is 2.24. The van der Waals surface area contributed by atoms with Gasteiger partial charge in [-0.15, -0.1) is 0 Å². The van der Waals surface area contributed by atoms with Crippen LogP contribution in [0.2, 0.25) is 0 Å². The van der Waals surface area contributed by atoms with Crippen LogP contribution < -0.4 is 5.56 Å². The number of H-pyrrole nitrogens is 1. The summed E-state index contributed by atoms with van der Waals surface area (Å²) in [5, 5.41) is 20.9. The molecule has 2 N–H and O–H groups in total. The molecule has 0 atom stereocenters. The molecule has 0 spiro atoms. The van der Waals surface area contributed by atoms with Gasteiger partial charge in [-0.25, -0.2) is 14.5 Å². The Labute approximate surface area is 142 Å². The van der Waals surface area contributed by atoms with Crippen molar-refractivity contribution in [1.82, 2.24) is 14.8 Å². The molecule has 0 radical (unpaired) electrons. The summed E-state index contributed by atoms with van der Waals surface area (Å²) in [5.41, 5.74) is 2.98. The van der Waals surface area contributed by atoms with Crippen LogP contribution >= 0.6 is 0 Å².